The molecule has 0 aliphatic heterocycles. The van der Waals surface area contributed by atoms with Gasteiger partial charge in [0.2, 0.25) is 5.84 Å². The summed E-state index contributed by atoms with van der Waals surface area (Å²) in [5, 5.41) is 13.2. The molecule has 0 radical (unpaired) electrons. The van der Waals surface area contributed by atoms with Crippen LogP contribution in [0.1, 0.15) is 20.3 Å². The van der Waals surface area contributed by atoms with Gasteiger partial charge in [-0.2, -0.15) is 0 Å². The number of methoxy groups -OCH3 is 1. The summed E-state index contributed by atoms with van der Waals surface area (Å²) in [6.45, 7) is 3.66. The molecule has 0 aromatic heterocycles. The van der Waals surface area contributed by atoms with Gasteiger partial charge in [-0.3, -0.25) is 4.79 Å². The molecule has 0 bridgehead atoms. The van der Waals surface area contributed by atoms with Gasteiger partial charge in [0.05, 0.1) is 7.11 Å². The number of nitrogens with zero attached hydrogens (tertiary/aromatic N) is 1. The molecule has 16 heavy (non-hydrogen) atoms. The van der Waals surface area contributed by atoms with E-state index < -0.39 is 23.8 Å². The van der Waals surface area contributed by atoms with E-state index in [4.69, 9.17) is 10.9 Å². The molecule has 0 aliphatic rings. The number of rotatable bonds is 4. The van der Waals surface area contributed by atoms with E-state index >= 15 is 0 Å². The Morgan fingerprint density at radius 3 is 2.50 bits per heavy atom. The van der Waals surface area contributed by atoms with E-state index in [0.29, 0.717) is 6.42 Å². The molecule has 92 valence electrons. The van der Waals surface area contributed by atoms with E-state index in [9.17, 15) is 9.59 Å². The Morgan fingerprint density at radius 2 is 2.12 bits per heavy atom. The first-order chi connectivity index (χ1) is 7.47. The first-order valence-electron chi connectivity index (χ1n) is 4.84. The average molecular weight is 231 g/mol. The molecule has 0 fully saturated rings. The lowest BCUT2D eigenvalue weighted by Crippen LogP contribution is -2.49. The maximum atomic E-state index is 11.4. The maximum Gasteiger partial charge on any atom is 0.328 e. The van der Waals surface area contributed by atoms with Crippen molar-refractivity contribution in [3.05, 3.63) is 0 Å². The largest absolute Gasteiger partial charge is 0.467 e. The van der Waals surface area contributed by atoms with Gasteiger partial charge in [-0.15, -0.1) is 0 Å². The Kier molecular flexibility index (Phi) is 5.91. The van der Waals surface area contributed by atoms with Crippen molar-refractivity contribution in [2.24, 2.45) is 16.8 Å². The Morgan fingerprint density at radius 1 is 1.56 bits per heavy atom. The number of carbonyl (C=O) groups is 2. The van der Waals surface area contributed by atoms with Crippen LogP contribution in [0.25, 0.3) is 0 Å². The molecule has 0 aromatic carbocycles. The molecule has 0 aliphatic carbocycles. The highest BCUT2D eigenvalue weighted by Gasteiger charge is 2.27. The summed E-state index contributed by atoms with van der Waals surface area (Å²) in [6, 6.07) is -0.803. The number of nitrogens with one attached hydrogen (secondary N) is 1. The van der Waals surface area contributed by atoms with E-state index in [1.165, 1.54) is 7.11 Å². The fourth-order valence-electron chi connectivity index (χ4n) is 1.06. The average Bonchev–Trinajstić information content (AvgIpc) is 2.32. The maximum absolute atomic E-state index is 11.4. The van der Waals surface area contributed by atoms with Crippen LogP contribution >= 0.6 is 0 Å². The minimum Gasteiger partial charge on any atom is -0.467 e. The van der Waals surface area contributed by atoms with Crippen LogP contribution in [-0.4, -0.2) is 36.1 Å². The van der Waals surface area contributed by atoms with E-state index in [-0.39, 0.29) is 5.92 Å². The second-order valence-corrected chi connectivity index (χ2v) is 3.35. The van der Waals surface area contributed by atoms with Crippen molar-refractivity contribution in [3.63, 3.8) is 0 Å². The molecule has 0 saturated heterocycles. The SMILES string of the molecule is CC[C@H](C)[C@H](NC(=O)/C(N)=N/O)C(=O)OC. The lowest BCUT2D eigenvalue weighted by Gasteiger charge is -2.21. The van der Waals surface area contributed by atoms with Crippen LogP contribution in [0.5, 0.6) is 0 Å². The van der Waals surface area contributed by atoms with E-state index in [1.807, 2.05) is 6.92 Å². The van der Waals surface area contributed by atoms with Crippen LogP contribution in [0.3, 0.4) is 0 Å². The smallest absolute Gasteiger partial charge is 0.328 e. The molecule has 7 heteroatoms. The van der Waals surface area contributed by atoms with Gasteiger partial charge in [0.1, 0.15) is 6.04 Å². The van der Waals surface area contributed by atoms with Crippen molar-refractivity contribution in [1.29, 1.82) is 0 Å². The molecule has 0 heterocycles. The number of nitrogens with two attached hydrogens (primary N) is 1. The third kappa shape index (κ3) is 3.76. The summed E-state index contributed by atoms with van der Waals surface area (Å²) in [7, 11) is 1.23. The van der Waals surface area contributed by atoms with Crippen LogP contribution in [-0.2, 0) is 14.3 Å². The van der Waals surface area contributed by atoms with Gasteiger partial charge in [-0.25, -0.2) is 4.79 Å². The van der Waals surface area contributed by atoms with E-state index in [1.54, 1.807) is 6.92 Å². The molecule has 4 N–H and O–H groups in total. The first kappa shape index (κ1) is 14.2. The number of ether oxygens (including phenoxy) is 1. The zero-order valence-electron chi connectivity index (χ0n) is 9.56. The number of amidine groups is 1. The zero-order valence-corrected chi connectivity index (χ0v) is 9.56. The summed E-state index contributed by atoms with van der Waals surface area (Å²) in [5.41, 5.74) is 5.08. The number of amides is 1. The number of carbonyl (C=O) groups excluding carboxylic acids is 2. The fourth-order valence-corrected chi connectivity index (χ4v) is 1.06. The standard InChI is InChI=1S/C9H17N3O4/c1-4-5(2)6(9(14)16-3)11-8(13)7(10)12-15/h5-6,15H,4H2,1-3H3,(H2,10,12)(H,11,13)/t5-,6-/m0/s1. The molecule has 0 saturated carbocycles. The molecule has 2 atom stereocenters. The molecule has 0 spiro atoms. The van der Waals surface area contributed by atoms with Gasteiger partial charge >= 0.3 is 5.97 Å². The van der Waals surface area contributed by atoms with Crippen LogP contribution in [0.15, 0.2) is 5.16 Å². The molecular weight excluding hydrogens is 214 g/mol. The van der Waals surface area contributed by atoms with Gasteiger partial charge in [0.15, 0.2) is 0 Å². The van der Waals surface area contributed by atoms with Crippen molar-refractivity contribution >= 4 is 17.7 Å². The number of hydrogen-bond donors (Lipinski definition) is 3. The number of oxime groups is 1. The third-order valence-corrected chi connectivity index (χ3v) is 2.30. The second-order valence-electron chi connectivity index (χ2n) is 3.35. The quantitative estimate of drug-likeness (QED) is 0.197. The second kappa shape index (κ2) is 6.65. The normalized spacial score (nSPS) is 15.1. The molecule has 0 rings (SSSR count). The summed E-state index contributed by atoms with van der Waals surface area (Å²) < 4.78 is 4.55. The minimum absolute atomic E-state index is 0.108. The lowest BCUT2D eigenvalue weighted by atomic mass is 9.99. The molecule has 0 aromatic rings. The Bertz CT molecular complexity index is 290. The van der Waals surface area contributed by atoms with Crippen molar-refractivity contribution < 1.29 is 19.5 Å². The van der Waals surface area contributed by atoms with Crippen molar-refractivity contribution in [3.8, 4) is 0 Å². The zero-order chi connectivity index (χ0) is 12.7. The van der Waals surface area contributed by atoms with E-state index in [2.05, 4.69) is 15.2 Å². The van der Waals surface area contributed by atoms with Crippen LogP contribution in [0.2, 0.25) is 0 Å². The molecule has 1 amide bonds. The minimum atomic E-state index is -0.807. The van der Waals surface area contributed by atoms with Gasteiger partial charge < -0.3 is 21.0 Å². The number of esters is 1. The highest BCUT2D eigenvalue weighted by Crippen LogP contribution is 2.08. The third-order valence-electron chi connectivity index (χ3n) is 2.30. The molecule has 0 unspecified atom stereocenters. The Balaban J connectivity index is 4.68. The predicted molar refractivity (Wildman–Crippen MR) is 56.8 cm³/mol. The highest BCUT2D eigenvalue weighted by molar-refractivity contribution is 6.37. The fraction of sp³-hybridized carbons (Fsp3) is 0.667. The van der Waals surface area contributed by atoms with Gasteiger partial charge in [0, 0.05) is 0 Å². The van der Waals surface area contributed by atoms with Gasteiger partial charge in [-0.05, 0) is 5.92 Å². The topological polar surface area (TPSA) is 114 Å². The lowest BCUT2D eigenvalue weighted by molar-refractivity contribution is -0.145. The first-order valence-corrected chi connectivity index (χ1v) is 4.84. The molecule has 7 nitrogen and oxygen atoms in total. The number of hydrogen-bond acceptors (Lipinski definition) is 5. The molecular formula is C9H17N3O4. The Hall–Kier alpha value is -1.79. The van der Waals surface area contributed by atoms with Gasteiger partial charge in [0.25, 0.3) is 5.91 Å². The monoisotopic (exact) mass is 231 g/mol. The van der Waals surface area contributed by atoms with Crippen LogP contribution in [0.4, 0.5) is 0 Å². The summed E-state index contributed by atoms with van der Waals surface area (Å²) in [4.78, 5) is 22.7. The summed E-state index contributed by atoms with van der Waals surface area (Å²) >= 11 is 0. The van der Waals surface area contributed by atoms with E-state index in [0.717, 1.165) is 0 Å². The Labute approximate surface area is 93.6 Å². The highest BCUT2D eigenvalue weighted by atomic mass is 16.5. The summed E-state index contributed by atoms with van der Waals surface area (Å²) in [6.07, 6.45) is 0.677. The van der Waals surface area contributed by atoms with Crippen LogP contribution < -0.4 is 11.1 Å². The summed E-state index contributed by atoms with van der Waals surface area (Å²) in [5.74, 6) is -2.08. The van der Waals surface area contributed by atoms with Crippen molar-refractivity contribution in [2.75, 3.05) is 7.11 Å². The van der Waals surface area contributed by atoms with Gasteiger partial charge in [-0.1, -0.05) is 25.4 Å². The van der Waals surface area contributed by atoms with Crippen molar-refractivity contribution in [1.82, 2.24) is 5.32 Å². The van der Waals surface area contributed by atoms with Crippen molar-refractivity contribution in [2.45, 2.75) is 26.3 Å². The van der Waals surface area contributed by atoms with Crippen LogP contribution in [0, 0.1) is 5.92 Å². The predicted octanol–water partition coefficient (Wildman–Crippen LogP) is -0.563.